The van der Waals surface area contributed by atoms with Crippen LogP contribution < -0.4 is 0 Å². The molecule has 0 saturated carbocycles. The number of hydrogen-bond acceptors (Lipinski definition) is 5. The van der Waals surface area contributed by atoms with Crippen molar-refractivity contribution < 1.29 is 14.0 Å². The maximum absolute atomic E-state index is 12.0. The van der Waals surface area contributed by atoms with Gasteiger partial charge in [0, 0.05) is 0 Å². The van der Waals surface area contributed by atoms with Crippen molar-refractivity contribution in [3.05, 3.63) is 15.6 Å². The van der Waals surface area contributed by atoms with E-state index in [2.05, 4.69) is 38.8 Å². The number of carbonyl (C=O) groups excluding carboxylic acids is 1. The largest absolute Gasteiger partial charge is 0.462 e. The second-order valence-electron chi connectivity index (χ2n) is 6.51. The van der Waals surface area contributed by atoms with Crippen molar-refractivity contribution in [2.24, 2.45) is 0 Å². The molecule has 0 radical (unpaired) electrons. The Labute approximate surface area is 133 Å². The van der Waals surface area contributed by atoms with E-state index in [0.717, 1.165) is 17.1 Å². The summed E-state index contributed by atoms with van der Waals surface area (Å²) in [4.78, 5) is 17.1. The van der Waals surface area contributed by atoms with Crippen LogP contribution in [0.1, 0.15) is 55.0 Å². The molecule has 120 valence electrons. The van der Waals surface area contributed by atoms with Gasteiger partial charge in [0.2, 0.25) is 0 Å². The second kappa shape index (κ2) is 7.02. The molecule has 0 atom stereocenters. The quantitative estimate of drug-likeness (QED) is 0.573. The van der Waals surface area contributed by atoms with Gasteiger partial charge in [0.1, 0.15) is 4.88 Å². The molecule has 1 aromatic heterocycles. The molecule has 1 rings (SSSR count). The van der Waals surface area contributed by atoms with Gasteiger partial charge in [-0.2, -0.15) is 0 Å². The molecule has 0 aliphatic heterocycles. The van der Waals surface area contributed by atoms with E-state index >= 15 is 0 Å². The summed E-state index contributed by atoms with van der Waals surface area (Å²) in [6.07, 6.45) is 0.817. The summed E-state index contributed by atoms with van der Waals surface area (Å²) in [5.41, 5.74) is 0.722. The molecule has 0 spiro atoms. The Morgan fingerprint density at radius 2 is 1.90 bits per heavy atom. The second-order valence-corrected chi connectivity index (χ2v) is 12.4. The van der Waals surface area contributed by atoms with Crippen LogP contribution in [0.4, 0.5) is 0 Å². The summed E-state index contributed by atoms with van der Waals surface area (Å²) in [6, 6.07) is 0. The van der Waals surface area contributed by atoms with Crippen LogP contribution in [0, 0.1) is 0 Å². The lowest BCUT2D eigenvalue weighted by molar-refractivity contribution is 0.0528. The van der Waals surface area contributed by atoms with Crippen molar-refractivity contribution in [2.45, 2.75) is 65.8 Å². The number of carbonyl (C=O) groups is 1. The summed E-state index contributed by atoms with van der Waals surface area (Å²) >= 11 is 1.42. The van der Waals surface area contributed by atoms with Crippen LogP contribution in [0.3, 0.4) is 0 Å². The summed E-state index contributed by atoms with van der Waals surface area (Å²) in [6.45, 7) is 15.6. The van der Waals surface area contributed by atoms with Crippen LogP contribution >= 0.6 is 11.3 Å². The summed E-state index contributed by atoms with van der Waals surface area (Å²) in [5, 5.41) is 1.09. The molecule has 0 unspecified atom stereocenters. The molecule has 0 saturated heterocycles. The molecule has 4 nitrogen and oxygen atoms in total. The highest BCUT2D eigenvalue weighted by molar-refractivity contribution is 7.13. The predicted octanol–water partition coefficient (Wildman–Crippen LogP) is 4.40. The van der Waals surface area contributed by atoms with Crippen LogP contribution in [0.15, 0.2) is 0 Å². The van der Waals surface area contributed by atoms with Crippen LogP contribution in [0.2, 0.25) is 18.1 Å². The number of aryl methyl sites for hydroxylation is 1. The average Bonchev–Trinajstić information content (AvgIpc) is 2.79. The van der Waals surface area contributed by atoms with Gasteiger partial charge in [-0.25, -0.2) is 9.78 Å². The molecule has 21 heavy (non-hydrogen) atoms. The third-order valence-electron chi connectivity index (χ3n) is 3.88. The smallest absolute Gasteiger partial charge is 0.350 e. The van der Waals surface area contributed by atoms with Crippen LogP contribution in [0.25, 0.3) is 0 Å². The van der Waals surface area contributed by atoms with Crippen molar-refractivity contribution in [1.29, 1.82) is 0 Å². The molecule has 0 aliphatic carbocycles. The highest BCUT2D eigenvalue weighted by Gasteiger charge is 2.37. The summed E-state index contributed by atoms with van der Waals surface area (Å²) < 4.78 is 11.3. The number of thiazole rings is 1. The molecule has 0 fully saturated rings. The van der Waals surface area contributed by atoms with Crippen molar-refractivity contribution in [3.63, 3.8) is 0 Å². The lowest BCUT2D eigenvalue weighted by Crippen LogP contribution is -2.40. The number of nitrogens with zero attached hydrogens (tertiary/aromatic N) is 1. The Kier molecular flexibility index (Phi) is 6.13. The van der Waals surface area contributed by atoms with Gasteiger partial charge in [0.15, 0.2) is 8.32 Å². The topological polar surface area (TPSA) is 48.4 Å². The molecule has 0 amide bonds. The van der Waals surface area contributed by atoms with Gasteiger partial charge in [-0.15, -0.1) is 11.3 Å². The zero-order valence-corrected chi connectivity index (χ0v) is 16.0. The monoisotopic (exact) mass is 329 g/mol. The molecule has 0 bridgehead atoms. The Balaban J connectivity index is 2.92. The van der Waals surface area contributed by atoms with E-state index in [1.165, 1.54) is 11.3 Å². The number of aromatic nitrogens is 1. The van der Waals surface area contributed by atoms with Gasteiger partial charge >= 0.3 is 5.97 Å². The van der Waals surface area contributed by atoms with Crippen molar-refractivity contribution >= 4 is 25.6 Å². The highest BCUT2D eigenvalue weighted by atomic mass is 32.1. The van der Waals surface area contributed by atoms with Crippen LogP contribution in [0.5, 0.6) is 0 Å². The van der Waals surface area contributed by atoms with Gasteiger partial charge in [-0.05, 0) is 31.5 Å². The number of rotatable bonds is 6. The fourth-order valence-electron chi connectivity index (χ4n) is 1.47. The maximum atomic E-state index is 12.0. The molecule has 1 aromatic rings. The number of ether oxygens (including phenoxy) is 1. The first-order valence-corrected chi connectivity index (χ1v) is 11.1. The maximum Gasteiger partial charge on any atom is 0.350 e. The van der Waals surface area contributed by atoms with Gasteiger partial charge in [0.25, 0.3) is 0 Å². The average molecular weight is 330 g/mol. The lowest BCUT2D eigenvalue weighted by Gasteiger charge is -2.35. The van der Waals surface area contributed by atoms with Crippen molar-refractivity contribution in [1.82, 2.24) is 4.98 Å². The van der Waals surface area contributed by atoms with E-state index < -0.39 is 8.32 Å². The van der Waals surface area contributed by atoms with Crippen LogP contribution in [-0.4, -0.2) is 25.9 Å². The minimum atomic E-state index is -1.85. The van der Waals surface area contributed by atoms with Gasteiger partial charge in [-0.1, -0.05) is 27.7 Å². The van der Waals surface area contributed by atoms with Gasteiger partial charge < -0.3 is 9.16 Å². The van der Waals surface area contributed by atoms with E-state index in [-0.39, 0.29) is 11.0 Å². The van der Waals surface area contributed by atoms with E-state index in [4.69, 9.17) is 9.16 Å². The van der Waals surface area contributed by atoms with Crippen molar-refractivity contribution in [2.75, 3.05) is 6.61 Å². The Hall–Kier alpha value is -0.723. The zero-order chi connectivity index (χ0) is 16.3. The lowest BCUT2D eigenvalue weighted by atomic mass is 10.2. The van der Waals surface area contributed by atoms with Crippen LogP contribution in [-0.2, 0) is 22.2 Å². The molecule has 1 heterocycles. The zero-order valence-electron chi connectivity index (χ0n) is 14.2. The normalized spacial score (nSPS) is 12.5. The fraction of sp³-hybridized carbons (Fsp3) is 0.733. The molecule has 0 aromatic carbocycles. The third kappa shape index (κ3) is 4.62. The van der Waals surface area contributed by atoms with E-state index in [9.17, 15) is 4.79 Å². The Morgan fingerprint density at radius 1 is 1.29 bits per heavy atom. The fourth-order valence-corrected chi connectivity index (χ4v) is 3.30. The van der Waals surface area contributed by atoms with E-state index in [0.29, 0.717) is 18.1 Å². The number of hydrogen-bond donors (Lipinski definition) is 0. The summed E-state index contributed by atoms with van der Waals surface area (Å²) in [5.74, 6) is -0.288. The van der Waals surface area contributed by atoms with Gasteiger partial charge in [0.05, 0.1) is 23.9 Å². The molecule has 6 heteroatoms. The first-order valence-electron chi connectivity index (χ1n) is 7.42. The number of esters is 1. The third-order valence-corrected chi connectivity index (χ3v) is 9.58. The molecule has 0 N–H and O–H groups in total. The minimum absolute atomic E-state index is 0.140. The Bertz CT molecular complexity index is 492. The molecule has 0 aliphatic rings. The SMILES string of the molecule is CCOC(=O)c1sc(CC)nc1CO[Si](C)(C)C(C)(C)C. The first-order chi connectivity index (χ1) is 9.62. The predicted molar refractivity (Wildman–Crippen MR) is 89.4 cm³/mol. The van der Waals surface area contributed by atoms with Crippen molar-refractivity contribution in [3.8, 4) is 0 Å². The van der Waals surface area contributed by atoms with Gasteiger partial charge in [-0.3, -0.25) is 0 Å². The Morgan fingerprint density at radius 3 is 2.38 bits per heavy atom. The molecular formula is C15H27NO3SSi. The minimum Gasteiger partial charge on any atom is -0.462 e. The van der Waals surface area contributed by atoms with E-state index in [1.54, 1.807) is 0 Å². The first kappa shape index (κ1) is 18.3. The van der Waals surface area contributed by atoms with E-state index in [1.807, 2.05) is 13.8 Å². The molecular weight excluding hydrogens is 302 g/mol. The standard InChI is InChI=1S/C15H27NO3SSi/c1-8-12-16-11(13(20-12)14(17)18-9-2)10-19-21(6,7)15(3,4)5/h8-10H2,1-7H3. The summed E-state index contributed by atoms with van der Waals surface area (Å²) in [7, 11) is -1.85. The highest BCUT2D eigenvalue weighted by Crippen LogP contribution is 2.37.